The Morgan fingerprint density at radius 2 is 1.88 bits per heavy atom. The predicted octanol–water partition coefficient (Wildman–Crippen LogP) is 4.87. The van der Waals surface area contributed by atoms with E-state index in [1.54, 1.807) is 0 Å². The molecule has 2 N–H and O–H groups in total. The van der Waals surface area contributed by atoms with Crippen LogP contribution in [0.3, 0.4) is 0 Å². The molecule has 0 aromatic heterocycles. The summed E-state index contributed by atoms with van der Waals surface area (Å²) >= 11 is 0. The van der Waals surface area contributed by atoms with Crippen LogP contribution in [-0.2, 0) is 14.0 Å². The van der Waals surface area contributed by atoms with Crippen LogP contribution in [0.4, 0.5) is 0 Å². The van der Waals surface area contributed by atoms with E-state index in [1.165, 1.54) is 0 Å². The Balaban J connectivity index is 2.00. The molecule has 0 radical (unpaired) electrons. The standard InChI is InChI=1S/C26H46O5Si/c1-7-32(8-2,9-3)31-23(26(18-30-26)22(29)17-28)15-25(6)19(4)13-14-24(5)20(16-27)11-10-12-21(24)25/h11,16,19,21-23,28-29H,7-10,12-15,17-18H2,1-6H3/t19-,21-,22+,23-,24-,25-,26-/m1/s1. The van der Waals surface area contributed by atoms with Crippen LogP contribution in [0.5, 0.6) is 0 Å². The number of hydrogen-bond donors (Lipinski definition) is 2. The number of carbonyl (C=O) groups excluding carboxylic acids is 1. The first-order chi connectivity index (χ1) is 15.1. The van der Waals surface area contributed by atoms with Gasteiger partial charge in [-0.1, -0.05) is 47.6 Å². The molecule has 2 fully saturated rings. The molecular formula is C26H46O5Si. The first-order valence-corrected chi connectivity index (χ1v) is 15.4. The molecule has 0 aromatic carbocycles. The number of hydrogen-bond acceptors (Lipinski definition) is 5. The largest absolute Gasteiger partial charge is 0.411 e. The third-order valence-electron chi connectivity index (χ3n) is 10.1. The van der Waals surface area contributed by atoms with Gasteiger partial charge < -0.3 is 19.4 Å². The zero-order valence-electron chi connectivity index (χ0n) is 21.2. The van der Waals surface area contributed by atoms with Crippen LogP contribution in [0.15, 0.2) is 11.6 Å². The summed E-state index contributed by atoms with van der Waals surface area (Å²) in [6.45, 7) is 13.8. The van der Waals surface area contributed by atoms with Crippen molar-refractivity contribution in [3.8, 4) is 0 Å². The number of aldehydes is 1. The van der Waals surface area contributed by atoms with Crippen LogP contribution in [-0.4, -0.2) is 55.8 Å². The maximum atomic E-state index is 12.0. The number of ether oxygens (including phenoxy) is 1. The van der Waals surface area contributed by atoms with E-state index in [-0.39, 0.29) is 23.5 Å². The number of rotatable bonds is 11. The summed E-state index contributed by atoms with van der Waals surface area (Å²) < 4.78 is 13.0. The average molecular weight is 467 g/mol. The van der Waals surface area contributed by atoms with Crippen LogP contribution in [0.25, 0.3) is 0 Å². The fraction of sp³-hybridized carbons (Fsp3) is 0.885. The number of allylic oxidation sites excluding steroid dienone is 2. The van der Waals surface area contributed by atoms with E-state index in [0.717, 1.165) is 62.1 Å². The van der Waals surface area contributed by atoms with Crippen LogP contribution in [0.2, 0.25) is 18.1 Å². The quantitative estimate of drug-likeness (QED) is 0.258. The Labute approximate surface area is 196 Å². The lowest BCUT2D eigenvalue weighted by atomic mass is 9.46. The SMILES string of the molecule is CC[Si](CC)(CC)O[C@H](C[C@]1(C)[C@H](C)CC[C@]2(C)C(C=O)=CCC[C@@H]12)[C@]1([C@@H](O)CO)CO1. The molecule has 1 aliphatic heterocycles. The maximum absolute atomic E-state index is 12.0. The first kappa shape index (κ1) is 26.1. The van der Waals surface area contributed by atoms with Crippen LogP contribution in [0, 0.1) is 22.7 Å². The van der Waals surface area contributed by atoms with E-state index >= 15 is 0 Å². The molecule has 0 aromatic rings. The van der Waals surface area contributed by atoms with Gasteiger partial charge in [-0.15, -0.1) is 0 Å². The Kier molecular flexibility index (Phi) is 7.83. The molecule has 0 unspecified atom stereocenters. The molecule has 1 saturated heterocycles. The van der Waals surface area contributed by atoms with Gasteiger partial charge in [-0.05, 0) is 78.5 Å². The van der Waals surface area contributed by atoms with Crippen molar-refractivity contribution in [3.63, 3.8) is 0 Å². The monoisotopic (exact) mass is 466 g/mol. The molecule has 7 atom stereocenters. The Morgan fingerprint density at radius 3 is 2.38 bits per heavy atom. The third kappa shape index (κ3) is 4.19. The zero-order valence-corrected chi connectivity index (χ0v) is 22.2. The van der Waals surface area contributed by atoms with Gasteiger partial charge in [-0.3, -0.25) is 4.79 Å². The summed E-state index contributed by atoms with van der Waals surface area (Å²) in [6, 6.07) is 3.10. The van der Waals surface area contributed by atoms with E-state index < -0.39 is 20.0 Å². The third-order valence-corrected chi connectivity index (χ3v) is 14.8. The lowest BCUT2D eigenvalue weighted by Crippen LogP contribution is -2.57. The molecule has 5 nitrogen and oxygen atoms in total. The smallest absolute Gasteiger partial charge is 0.192 e. The van der Waals surface area contributed by atoms with E-state index in [2.05, 4.69) is 47.6 Å². The van der Waals surface area contributed by atoms with Crippen molar-refractivity contribution >= 4 is 14.6 Å². The Morgan fingerprint density at radius 1 is 1.25 bits per heavy atom. The molecule has 1 saturated carbocycles. The van der Waals surface area contributed by atoms with Gasteiger partial charge in [0.05, 0.1) is 19.3 Å². The molecular weight excluding hydrogens is 420 g/mol. The molecule has 0 amide bonds. The maximum Gasteiger partial charge on any atom is 0.192 e. The summed E-state index contributed by atoms with van der Waals surface area (Å²) in [4.78, 5) is 12.0. The Bertz CT molecular complexity index is 692. The second-order valence-electron chi connectivity index (χ2n) is 11.3. The fourth-order valence-corrected chi connectivity index (χ4v) is 9.98. The van der Waals surface area contributed by atoms with Gasteiger partial charge in [-0.25, -0.2) is 0 Å². The molecule has 1 heterocycles. The van der Waals surface area contributed by atoms with Crippen molar-refractivity contribution in [1.29, 1.82) is 0 Å². The molecule has 0 bridgehead atoms. The van der Waals surface area contributed by atoms with E-state index in [9.17, 15) is 15.0 Å². The van der Waals surface area contributed by atoms with E-state index in [0.29, 0.717) is 18.4 Å². The number of aliphatic hydroxyl groups excluding tert-OH is 2. The highest BCUT2D eigenvalue weighted by atomic mass is 28.4. The summed E-state index contributed by atoms with van der Waals surface area (Å²) in [5.74, 6) is 0.874. The lowest BCUT2D eigenvalue weighted by Gasteiger charge is -2.58. The molecule has 6 heteroatoms. The van der Waals surface area contributed by atoms with Gasteiger partial charge in [0.25, 0.3) is 0 Å². The van der Waals surface area contributed by atoms with Crippen molar-refractivity contribution in [2.75, 3.05) is 13.2 Å². The molecule has 3 aliphatic rings. The van der Waals surface area contributed by atoms with Crippen molar-refractivity contribution in [2.24, 2.45) is 22.7 Å². The highest BCUT2D eigenvalue weighted by molar-refractivity contribution is 6.73. The van der Waals surface area contributed by atoms with Crippen LogP contribution >= 0.6 is 0 Å². The van der Waals surface area contributed by atoms with Gasteiger partial charge in [0.2, 0.25) is 0 Å². The van der Waals surface area contributed by atoms with Crippen molar-refractivity contribution in [1.82, 2.24) is 0 Å². The normalized spacial score (nSPS) is 39.1. The minimum absolute atomic E-state index is 0.0380. The molecule has 3 rings (SSSR count). The van der Waals surface area contributed by atoms with Gasteiger partial charge in [0.15, 0.2) is 8.32 Å². The van der Waals surface area contributed by atoms with Gasteiger partial charge >= 0.3 is 0 Å². The minimum Gasteiger partial charge on any atom is -0.411 e. The van der Waals surface area contributed by atoms with E-state index in [4.69, 9.17) is 9.16 Å². The zero-order chi connectivity index (χ0) is 23.8. The highest BCUT2D eigenvalue weighted by Gasteiger charge is 2.63. The average Bonchev–Trinajstić information content (AvgIpc) is 3.61. The molecule has 2 aliphatic carbocycles. The summed E-state index contributed by atoms with van der Waals surface area (Å²) in [7, 11) is -1.97. The minimum atomic E-state index is -1.97. The lowest BCUT2D eigenvalue weighted by molar-refractivity contribution is -0.113. The summed E-state index contributed by atoms with van der Waals surface area (Å²) in [5.41, 5.74) is 0.0231. The van der Waals surface area contributed by atoms with Crippen molar-refractivity contribution in [2.45, 2.75) is 110 Å². The molecule has 184 valence electrons. The second-order valence-corrected chi connectivity index (χ2v) is 16.0. The summed E-state index contributed by atoms with van der Waals surface area (Å²) in [6.07, 6.45) is 7.01. The van der Waals surface area contributed by atoms with Crippen LogP contribution in [0.1, 0.15) is 73.6 Å². The van der Waals surface area contributed by atoms with Crippen molar-refractivity contribution < 1.29 is 24.2 Å². The van der Waals surface area contributed by atoms with E-state index in [1.807, 2.05) is 0 Å². The first-order valence-electron chi connectivity index (χ1n) is 12.9. The van der Waals surface area contributed by atoms with Gasteiger partial charge in [0, 0.05) is 0 Å². The fourth-order valence-electron chi connectivity index (χ4n) is 7.10. The number of carbonyl (C=O) groups is 1. The number of aliphatic hydroxyl groups is 2. The predicted molar refractivity (Wildman–Crippen MR) is 130 cm³/mol. The van der Waals surface area contributed by atoms with Gasteiger partial charge in [-0.2, -0.15) is 0 Å². The molecule has 0 spiro atoms. The highest BCUT2D eigenvalue weighted by Crippen LogP contribution is 2.62. The number of epoxide rings is 1. The molecule has 32 heavy (non-hydrogen) atoms. The topological polar surface area (TPSA) is 79.3 Å². The van der Waals surface area contributed by atoms with Crippen molar-refractivity contribution in [3.05, 3.63) is 11.6 Å². The second kappa shape index (κ2) is 9.61. The van der Waals surface area contributed by atoms with Crippen LogP contribution < -0.4 is 0 Å². The van der Waals surface area contributed by atoms with Gasteiger partial charge in [0.1, 0.15) is 18.0 Å². The summed E-state index contributed by atoms with van der Waals surface area (Å²) in [5, 5.41) is 20.6. The Hall–Kier alpha value is -0.533. The number of fused-ring (bicyclic) bond motifs is 1.